The molecule has 0 fully saturated rings. The van der Waals surface area contributed by atoms with Crippen LogP contribution in [0.2, 0.25) is 0 Å². The summed E-state index contributed by atoms with van der Waals surface area (Å²) in [6.45, 7) is 0.984. The minimum atomic E-state index is -0.698. The van der Waals surface area contributed by atoms with Crippen LogP contribution in [-0.4, -0.2) is 38.1 Å². The summed E-state index contributed by atoms with van der Waals surface area (Å²) in [7, 11) is 1.34. The third-order valence-corrected chi connectivity index (χ3v) is 5.93. The van der Waals surface area contributed by atoms with E-state index in [-0.39, 0.29) is 11.6 Å². The van der Waals surface area contributed by atoms with Crippen LogP contribution in [0, 0.1) is 5.82 Å². The van der Waals surface area contributed by atoms with Crippen molar-refractivity contribution in [1.29, 1.82) is 0 Å². The number of benzene rings is 4. The van der Waals surface area contributed by atoms with Gasteiger partial charge in [-0.25, -0.2) is 9.18 Å². The van der Waals surface area contributed by atoms with Gasteiger partial charge in [-0.3, -0.25) is 4.79 Å². The van der Waals surface area contributed by atoms with Crippen molar-refractivity contribution in [1.82, 2.24) is 0 Å². The normalized spacial score (nSPS) is 11.3. The summed E-state index contributed by atoms with van der Waals surface area (Å²) in [6, 6.07) is 29.1. The maximum absolute atomic E-state index is 13.1. The average Bonchev–Trinajstić information content (AvgIpc) is 2.96. The monoisotopic (exact) mass is 512 g/mol. The summed E-state index contributed by atoms with van der Waals surface area (Å²) in [5, 5.41) is 6.38. The fraction of sp³-hybridized carbons (Fsp3) is 0.161. The Balaban J connectivity index is 1.37. The number of methoxy groups -OCH3 is 1. The lowest BCUT2D eigenvalue weighted by Gasteiger charge is -2.20. The molecule has 38 heavy (non-hydrogen) atoms. The van der Waals surface area contributed by atoms with Gasteiger partial charge in [0, 0.05) is 35.5 Å². The van der Waals surface area contributed by atoms with Gasteiger partial charge in [0.15, 0.2) is 5.78 Å². The summed E-state index contributed by atoms with van der Waals surface area (Å²) >= 11 is 0. The number of esters is 1. The molecule has 0 saturated heterocycles. The molecule has 0 aliphatic rings. The van der Waals surface area contributed by atoms with E-state index in [1.807, 2.05) is 48.5 Å². The maximum atomic E-state index is 13.1. The summed E-state index contributed by atoms with van der Waals surface area (Å²) < 4.78 is 23.8. The van der Waals surface area contributed by atoms with Gasteiger partial charge in [-0.05, 0) is 54.1 Å². The van der Waals surface area contributed by atoms with E-state index in [4.69, 9.17) is 9.47 Å². The van der Waals surface area contributed by atoms with Crippen molar-refractivity contribution in [2.75, 3.05) is 30.9 Å². The van der Waals surface area contributed by atoms with Crippen LogP contribution < -0.4 is 15.4 Å². The highest BCUT2D eigenvalue weighted by atomic mass is 19.1. The summed E-state index contributed by atoms with van der Waals surface area (Å²) in [5.41, 5.74) is 3.33. The topological polar surface area (TPSA) is 76.7 Å². The van der Waals surface area contributed by atoms with E-state index in [0.717, 1.165) is 11.3 Å². The number of nitrogens with one attached hydrogen (secondary N) is 2. The van der Waals surface area contributed by atoms with Crippen molar-refractivity contribution in [2.45, 2.75) is 12.5 Å². The molecule has 0 radical (unpaired) electrons. The molecule has 0 aliphatic heterocycles. The van der Waals surface area contributed by atoms with Gasteiger partial charge >= 0.3 is 5.97 Å². The molecule has 4 rings (SSSR count). The zero-order valence-corrected chi connectivity index (χ0v) is 21.0. The summed E-state index contributed by atoms with van der Waals surface area (Å²) in [6.07, 6.45) is 0.354. The molecule has 0 spiro atoms. The van der Waals surface area contributed by atoms with Gasteiger partial charge < -0.3 is 20.1 Å². The van der Waals surface area contributed by atoms with Gasteiger partial charge in [0.25, 0.3) is 0 Å². The smallest absolute Gasteiger partial charge is 0.328 e. The molecule has 0 amide bonds. The molecule has 0 aromatic heterocycles. The number of carbonyl (C=O) groups excluding carboxylic acids is 2. The number of anilines is 2. The molecule has 2 N–H and O–H groups in total. The van der Waals surface area contributed by atoms with Crippen molar-refractivity contribution in [3.05, 3.63) is 126 Å². The highest BCUT2D eigenvalue weighted by Crippen LogP contribution is 2.22. The van der Waals surface area contributed by atoms with Crippen LogP contribution in [0.5, 0.6) is 5.75 Å². The highest BCUT2D eigenvalue weighted by Gasteiger charge is 2.22. The minimum Gasteiger partial charge on any atom is -0.492 e. The maximum Gasteiger partial charge on any atom is 0.328 e. The van der Waals surface area contributed by atoms with Crippen LogP contribution in [0.4, 0.5) is 15.8 Å². The van der Waals surface area contributed by atoms with E-state index in [9.17, 15) is 14.0 Å². The SMILES string of the molecule is COC(=O)C(Cc1ccc(OCCNc2ccc(F)cc2)cc1)Nc1ccccc1C(=O)c1ccccc1. The summed E-state index contributed by atoms with van der Waals surface area (Å²) in [4.78, 5) is 25.7. The number of rotatable bonds is 12. The molecule has 4 aromatic rings. The number of hydrogen-bond acceptors (Lipinski definition) is 6. The molecule has 0 heterocycles. The Bertz CT molecular complexity index is 1340. The molecule has 194 valence electrons. The molecule has 1 atom stereocenters. The van der Waals surface area contributed by atoms with Crippen LogP contribution in [0.25, 0.3) is 0 Å². The first-order chi connectivity index (χ1) is 18.5. The van der Waals surface area contributed by atoms with Gasteiger partial charge in [-0.1, -0.05) is 54.6 Å². The first-order valence-electron chi connectivity index (χ1n) is 12.3. The highest BCUT2D eigenvalue weighted by molar-refractivity contribution is 6.12. The van der Waals surface area contributed by atoms with Crippen LogP contribution in [0.15, 0.2) is 103 Å². The van der Waals surface area contributed by atoms with Crippen molar-refractivity contribution in [3.63, 3.8) is 0 Å². The molecule has 0 bridgehead atoms. The van der Waals surface area contributed by atoms with E-state index in [1.165, 1.54) is 19.2 Å². The Labute approximate surface area is 221 Å². The van der Waals surface area contributed by atoms with Gasteiger partial charge in [-0.15, -0.1) is 0 Å². The van der Waals surface area contributed by atoms with Crippen molar-refractivity contribution >= 4 is 23.1 Å². The number of ketones is 1. The largest absolute Gasteiger partial charge is 0.492 e. The second-order valence-electron chi connectivity index (χ2n) is 8.59. The molecule has 6 nitrogen and oxygen atoms in total. The molecular formula is C31H29FN2O4. The lowest BCUT2D eigenvalue weighted by atomic mass is 10.00. The van der Waals surface area contributed by atoms with E-state index in [2.05, 4.69) is 10.6 Å². The Morgan fingerprint density at radius 1 is 0.842 bits per heavy atom. The second-order valence-corrected chi connectivity index (χ2v) is 8.59. The van der Waals surface area contributed by atoms with Crippen LogP contribution in [0.3, 0.4) is 0 Å². The summed E-state index contributed by atoms with van der Waals surface area (Å²) in [5.74, 6) is -0.149. The van der Waals surface area contributed by atoms with E-state index >= 15 is 0 Å². The standard InChI is InChI=1S/C31H29FN2O4/c1-37-31(36)29(34-28-10-6-5-9-27(28)30(35)23-7-3-2-4-8-23)21-22-11-17-26(18-12-22)38-20-19-33-25-15-13-24(32)14-16-25/h2-18,29,33-34H,19-21H2,1H3. The lowest BCUT2D eigenvalue weighted by Crippen LogP contribution is -2.33. The Kier molecular flexibility index (Phi) is 9.07. The molecular weight excluding hydrogens is 483 g/mol. The predicted octanol–water partition coefficient (Wildman–Crippen LogP) is 5.74. The molecule has 1 unspecified atom stereocenters. The van der Waals surface area contributed by atoms with Crippen LogP contribution >= 0.6 is 0 Å². The Morgan fingerprint density at radius 2 is 1.53 bits per heavy atom. The molecule has 4 aromatic carbocycles. The average molecular weight is 513 g/mol. The van der Waals surface area contributed by atoms with Gasteiger partial charge in [0.1, 0.15) is 24.2 Å². The molecule has 7 heteroatoms. The van der Waals surface area contributed by atoms with Gasteiger partial charge in [-0.2, -0.15) is 0 Å². The number of halogens is 1. The quantitative estimate of drug-likeness (QED) is 0.143. The van der Waals surface area contributed by atoms with Crippen LogP contribution in [-0.2, 0) is 16.0 Å². The van der Waals surface area contributed by atoms with Crippen LogP contribution in [0.1, 0.15) is 21.5 Å². The van der Waals surface area contributed by atoms with E-state index < -0.39 is 12.0 Å². The van der Waals surface area contributed by atoms with Crippen molar-refractivity contribution < 1.29 is 23.5 Å². The number of ether oxygens (including phenoxy) is 2. The molecule has 0 saturated carbocycles. The predicted molar refractivity (Wildman–Crippen MR) is 146 cm³/mol. The zero-order valence-electron chi connectivity index (χ0n) is 21.0. The van der Waals surface area contributed by atoms with Gasteiger partial charge in [0.2, 0.25) is 0 Å². The first kappa shape index (κ1) is 26.4. The number of carbonyl (C=O) groups is 2. The third-order valence-electron chi connectivity index (χ3n) is 5.93. The fourth-order valence-corrected chi connectivity index (χ4v) is 3.96. The number of hydrogen-bond donors (Lipinski definition) is 2. The van der Waals surface area contributed by atoms with Crippen molar-refractivity contribution in [3.8, 4) is 5.75 Å². The van der Waals surface area contributed by atoms with E-state index in [1.54, 1.807) is 42.5 Å². The second kappa shape index (κ2) is 13.1. The fourth-order valence-electron chi connectivity index (χ4n) is 3.96. The van der Waals surface area contributed by atoms with E-state index in [0.29, 0.717) is 42.1 Å². The minimum absolute atomic E-state index is 0.132. The van der Waals surface area contributed by atoms with Gasteiger partial charge in [0.05, 0.1) is 7.11 Å². The zero-order chi connectivity index (χ0) is 26.7. The Morgan fingerprint density at radius 3 is 2.24 bits per heavy atom. The lowest BCUT2D eigenvalue weighted by molar-refractivity contribution is -0.141. The van der Waals surface area contributed by atoms with Crippen molar-refractivity contribution in [2.24, 2.45) is 0 Å². The molecule has 0 aliphatic carbocycles. The first-order valence-corrected chi connectivity index (χ1v) is 12.3. The third kappa shape index (κ3) is 7.20. The Hall–Kier alpha value is -4.65. The number of para-hydroxylation sites is 1.